The van der Waals surface area contributed by atoms with Crippen LogP contribution in [0.1, 0.15) is 33.1 Å². The molecule has 0 aliphatic heterocycles. The second kappa shape index (κ2) is 6.18. The van der Waals surface area contributed by atoms with Crippen LogP contribution in [0, 0.1) is 5.41 Å². The Morgan fingerprint density at radius 3 is 2.82 bits per heavy atom. The highest BCUT2D eigenvalue weighted by atomic mass is 32.1. The summed E-state index contributed by atoms with van der Waals surface area (Å²) in [6.07, 6.45) is 2.10. The summed E-state index contributed by atoms with van der Waals surface area (Å²) in [6.45, 7) is 4.34. The lowest BCUT2D eigenvalue weighted by molar-refractivity contribution is 0.108. The Bertz CT molecular complexity index is 664. The maximum atomic E-state index is 9.94. The van der Waals surface area contributed by atoms with E-state index in [1.165, 1.54) is 0 Å². The monoisotopic (exact) mass is 315 g/mol. The molecule has 0 amide bonds. The third kappa shape index (κ3) is 3.72. The first-order chi connectivity index (χ1) is 10.5. The molecule has 4 nitrogen and oxygen atoms in total. The first-order valence-electron chi connectivity index (χ1n) is 7.52. The average molecular weight is 315 g/mol. The third-order valence-corrected chi connectivity index (χ3v) is 4.57. The van der Waals surface area contributed by atoms with Gasteiger partial charge < -0.3 is 5.11 Å². The van der Waals surface area contributed by atoms with Crippen LogP contribution in [0.25, 0.3) is 11.3 Å². The summed E-state index contributed by atoms with van der Waals surface area (Å²) in [5.41, 5.74) is 6.23. The summed E-state index contributed by atoms with van der Waals surface area (Å²) in [7, 11) is 0. The number of aliphatic hydroxyl groups is 1. The molecule has 3 rings (SSSR count). The van der Waals surface area contributed by atoms with E-state index >= 15 is 0 Å². The third-order valence-electron chi connectivity index (χ3n) is 3.83. The Balaban J connectivity index is 1.69. The molecule has 116 valence electrons. The number of thiazole rings is 1. The van der Waals surface area contributed by atoms with Crippen LogP contribution in [0.2, 0.25) is 0 Å². The number of aliphatic hydroxyl groups excluding tert-OH is 1. The quantitative estimate of drug-likeness (QED) is 0.837. The Morgan fingerprint density at radius 2 is 2.09 bits per heavy atom. The molecule has 0 spiro atoms. The van der Waals surface area contributed by atoms with E-state index in [1.807, 2.05) is 35.7 Å². The van der Waals surface area contributed by atoms with Gasteiger partial charge in [-0.2, -0.15) is 5.10 Å². The molecule has 0 unspecified atom stereocenters. The van der Waals surface area contributed by atoms with Crippen molar-refractivity contribution in [1.82, 2.24) is 4.98 Å². The van der Waals surface area contributed by atoms with Crippen LogP contribution in [0.5, 0.6) is 0 Å². The molecule has 0 bridgehead atoms. The van der Waals surface area contributed by atoms with Crippen LogP contribution in [-0.2, 0) is 0 Å². The van der Waals surface area contributed by atoms with Crippen molar-refractivity contribution in [1.29, 1.82) is 0 Å². The number of hydrogen-bond acceptors (Lipinski definition) is 5. The van der Waals surface area contributed by atoms with E-state index in [1.54, 1.807) is 11.3 Å². The molecule has 2 aromatic rings. The summed E-state index contributed by atoms with van der Waals surface area (Å²) >= 11 is 1.54. The van der Waals surface area contributed by atoms with Crippen molar-refractivity contribution in [3.05, 3.63) is 35.7 Å². The van der Waals surface area contributed by atoms with Crippen LogP contribution in [0.4, 0.5) is 5.13 Å². The van der Waals surface area contributed by atoms with E-state index in [0.29, 0.717) is 6.42 Å². The van der Waals surface area contributed by atoms with Crippen LogP contribution in [0.15, 0.2) is 40.8 Å². The first kappa shape index (κ1) is 15.2. The van der Waals surface area contributed by atoms with E-state index in [-0.39, 0.29) is 11.5 Å². The SMILES string of the molecule is CC1(C)C/C(=N\Nc2nc(-c3ccccc3)cs2)C[C@H](O)C1. The highest BCUT2D eigenvalue weighted by Crippen LogP contribution is 2.34. The predicted octanol–water partition coefficient (Wildman–Crippen LogP) is 4.15. The van der Waals surface area contributed by atoms with Gasteiger partial charge in [-0.05, 0) is 18.3 Å². The normalized spacial score (nSPS) is 22.7. The van der Waals surface area contributed by atoms with Gasteiger partial charge in [-0.3, -0.25) is 5.43 Å². The lowest BCUT2D eigenvalue weighted by Gasteiger charge is -2.33. The smallest absolute Gasteiger partial charge is 0.203 e. The van der Waals surface area contributed by atoms with E-state index in [0.717, 1.165) is 34.9 Å². The number of nitrogens with one attached hydrogen (secondary N) is 1. The van der Waals surface area contributed by atoms with Crippen molar-refractivity contribution in [2.45, 2.75) is 39.2 Å². The molecule has 5 heteroatoms. The van der Waals surface area contributed by atoms with Gasteiger partial charge in [-0.25, -0.2) is 4.98 Å². The summed E-state index contributed by atoms with van der Waals surface area (Å²) in [5, 5.41) is 17.2. The predicted molar refractivity (Wildman–Crippen MR) is 92.2 cm³/mol. The summed E-state index contributed by atoms with van der Waals surface area (Å²) in [5.74, 6) is 0. The fraction of sp³-hybridized carbons (Fsp3) is 0.412. The van der Waals surface area contributed by atoms with E-state index in [4.69, 9.17) is 0 Å². The van der Waals surface area contributed by atoms with Crippen LogP contribution in [-0.4, -0.2) is 21.9 Å². The zero-order valence-corrected chi connectivity index (χ0v) is 13.7. The Hall–Kier alpha value is -1.72. The first-order valence-corrected chi connectivity index (χ1v) is 8.40. The Labute approximate surface area is 134 Å². The van der Waals surface area contributed by atoms with Crippen molar-refractivity contribution in [2.75, 3.05) is 5.43 Å². The van der Waals surface area contributed by atoms with Gasteiger partial charge in [0.2, 0.25) is 5.13 Å². The van der Waals surface area contributed by atoms with Crippen molar-refractivity contribution in [3.8, 4) is 11.3 Å². The maximum absolute atomic E-state index is 9.94. The van der Waals surface area contributed by atoms with Gasteiger partial charge in [0, 0.05) is 23.1 Å². The molecule has 0 saturated heterocycles. The minimum absolute atomic E-state index is 0.107. The minimum atomic E-state index is -0.291. The topological polar surface area (TPSA) is 57.5 Å². The van der Waals surface area contributed by atoms with Gasteiger partial charge in [-0.1, -0.05) is 44.2 Å². The van der Waals surface area contributed by atoms with Crippen LogP contribution < -0.4 is 5.43 Å². The molecular formula is C17H21N3OS. The van der Waals surface area contributed by atoms with Crippen molar-refractivity contribution < 1.29 is 5.11 Å². The summed E-state index contributed by atoms with van der Waals surface area (Å²) in [6, 6.07) is 10.1. The second-order valence-electron chi connectivity index (χ2n) is 6.60. The van der Waals surface area contributed by atoms with Crippen molar-refractivity contribution >= 4 is 22.2 Å². The van der Waals surface area contributed by atoms with E-state index in [9.17, 15) is 5.11 Å². The number of anilines is 1. The zero-order chi connectivity index (χ0) is 15.6. The standard InChI is InChI=1S/C17H21N3OS/c1-17(2)9-13(8-14(21)10-17)19-20-16-18-15(11-22-16)12-6-4-3-5-7-12/h3-7,11,14,21H,8-10H2,1-2H3,(H,18,20)/b19-13-/t14-/m0/s1. The molecule has 2 N–H and O–H groups in total. The lowest BCUT2D eigenvalue weighted by atomic mass is 9.75. The molecule has 1 aromatic carbocycles. The largest absolute Gasteiger partial charge is 0.393 e. The van der Waals surface area contributed by atoms with Gasteiger partial charge in [0.15, 0.2) is 0 Å². The number of hydrazone groups is 1. The van der Waals surface area contributed by atoms with E-state index < -0.39 is 0 Å². The summed E-state index contributed by atoms with van der Waals surface area (Å²) < 4.78 is 0. The fourth-order valence-electron chi connectivity index (χ4n) is 2.96. The van der Waals surface area contributed by atoms with Crippen molar-refractivity contribution in [2.24, 2.45) is 10.5 Å². The number of hydrogen-bond donors (Lipinski definition) is 2. The molecule has 0 radical (unpaired) electrons. The second-order valence-corrected chi connectivity index (χ2v) is 7.45. The number of aromatic nitrogens is 1. The molecule has 1 aliphatic carbocycles. The number of nitrogens with zero attached hydrogens (tertiary/aromatic N) is 2. The molecule has 1 saturated carbocycles. The Morgan fingerprint density at radius 1 is 1.32 bits per heavy atom. The Kier molecular flexibility index (Phi) is 4.27. The molecular weight excluding hydrogens is 294 g/mol. The van der Waals surface area contributed by atoms with Crippen molar-refractivity contribution in [3.63, 3.8) is 0 Å². The van der Waals surface area contributed by atoms with Crippen LogP contribution in [0.3, 0.4) is 0 Å². The van der Waals surface area contributed by atoms with Crippen LogP contribution >= 0.6 is 11.3 Å². The average Bonchev–Trinajstić information content (AvgIpc) is 2.93. The molecule has 1 aromatic heterocycles. The molecule has 1 heterocycles. The maximum Gasteiger partial charge on any atom is 0.203 e. The summed E-state index contributed by atoms with van der Waals surface area (Å²) in [4.78, 5) is 4.56. The molecule has 22 heavy (non-hydrogen) atoms. The van der Waals surface area contributed by atoms with Gasteiger partial charge in [0.1, 0.15) is 0 Å². The highest BCUT2D eigenvalue weighted by molar-refractivity contribution is 7.14. The van der Waals surface area contributed by atoms with E-state index in [2.05, 4.69) is 29.4 Å². The van der Waals surface area contributed by atoms with Gasteiger partial charge in [0.05, 0.1) is 11.8 Å². The molecule has 1 fully saturated rings. The molecule has 1 atom stereocenters. The number of benzene rings is 1. The fourth-order valence-corrected chi connectivity index (χ4v) is 3.62. The zero-order valence-electron chi connectivity index (χ0n) is 12.9. The van der Waals surface area contributed by atoms with Gasteiger partial charge in [0.25, 0.3) is 0 Å². The van der Waals surface area contributed by atoms with Gasteiger partial charge >= 0.3 is 0 Å². The minimum Gasteiger partial charge on any atom is -0.393 e. The number of rotatable bonds is 3. The lowest BCUT2D eigenvalue weighted by Crippen LogP contribution is -2.32. The highest BCUT2D eigenvalue weighted by Gasteiger charge is 2.30. The molecule has 1 aliphatic rings. The van der Waals surface area contributed by atoms with Gasteiger partial charge in [-0.15, -0.1) is 11.3 Å².